The molecule has 2 heteroatoms. The molecule has 3 unspecified atom stereocenters. The Bertz CT molecular complexity index is 373. The summed E-state index contributed by atoms with van der Waals surface area (Å²) in [7, 11) is 3.81. The van der Waals surface area contributed by atoms with Gasteiger partial charge in [0.15, 0.2) is 0 Å². The van der Waals surface area contributed by atoms with Crippen molar-refractivity contribution < 1.29 is 4.74 Å². The highest BCUT2D eigenvalue weighted by Gasteiger charge is 2.27. The standard InChI is InChI=1S/C17H27NO/c1-4-13-6-5-7-15(12-13)17(18-2)14-8-10-16(19-3)11-9-14/h8-11,13,15,17-18H,4-7,12H2,1-3H3. The Hall–Kier alpha value is -1.02. The number of nitrogens with one attached hydrogen (secondary N) is 1. The molecule has 19 heavy (non-hydrogen) atoms. The molecule has 0 bridgehead atoms. The van der Waals surface area contributed by atoms with Gasteiger partial charge in [-0.2, -0.15) is 0 Å². The predicted octanol–water partition coefficient (Wildman–Crippen LogP) is 4.17. The number of rotatable bonds is 5. The Morgan fingerprint density at radius 1 is 1.26 bits per heavy atom. The number of hydrogen-bond donors (Lipinski definition) is 1. The average molecular weight is 261 g/mol. The number of ether oxygens (including phenoxy) is 1. The fourth-order valence-corrected chi connectivity index (χ4v) is 3.49. The SMILES string of the molecule is CCC1CCCC(C(NC)c2ccc(OC)cc2)C1. The van der Waals surface area contributed by atoms with E-state index in [0.29, 0.717) is 6.04 Å². The molecule has 1 N–H and O–H groups in total. The van der Waals surface area contributed by atoms with Crippen LogP contribution in [-0.4, -0.2) is 14.2 Å². The van der Waals surface area contributed by atoms with E-state index < -0.39 is 0 Å². The minimum atomic E-state index is 0.486. The third kappa shape index (κ3) is 3.50. The Labute approximate surface area is 117 Å². The second-order valence-electron chi connectivity index (χ2n) is 5.74. The second-order valence-corrected chi connectivity index (χ2v) is 5.74. The Morgan fingerprint density at radius 2 is 2.00 bits per heavy atom. The molecule has 0 amide bonds. The molecule has 0 spiro atoms. The van der Waals surface area contributed by atoms with Crippen molar-refractivity contribution in [3.05, 3.63) is 29.8 Å². The van der Waals surface area contributed by atoms with E-state index in [4.69, 9.17) is 4.74 Å². The zero-order valence-corrected chi connectivity index (χ0v) is 12.5. The first-order chi connectivity index (χ1) is 9.28. The van der Waals surface area contributed by atoms with E-state index in [1.54, 1.807) is 7.11 Å². The van der Waals surface area contributed by atoms with Crippen LogP contribution in [0.4, 0.5) is 0 Å². The maximum absolute atomic E-state index is 5.24. The van der Waals surface area contributed by atoms with Crippen molar-refractivity contribution in [3.8, 4) is 5.75 Å². The summed E-state index contributed by atoms with van der Waals surface area (Å²) in [6, 6.07) is 9.03. The highest BCUT2D eigenvalue weighted by Crippen LogP contribution is 2.38. The van der Waals surface area contributed by atoms with Crippen LogP contribution in [0.1, 0.15) is 50.6 Å². The third-order valence-corrected chi connectivity index (χ3v) is 4.66. The van der Waals surface area contributed by atoms with Crippen molar-refractivity contribution in [3.63, 3.8) is 0 Å². The summed E-state index contributed by atoms with van der Waals surface area (Å²) in [4.78, 5) is 0. The molecule has 0 heterocycles. The van der Waals surface area contributed by atoms with Gasteiger partial charge in [0.05, 0.1) is 7.11 Å². The van der Waals surface area contributed by atoms with Crippen molar-refractivity contribution in [1.29, 1.82) is 0 Å². The lowest BCUT2D eigenvalue weighted by Gasteiger charge is -2.34. The normalized spacial score (nSPS) is 25.0. The van der Waals surface area contributed by atoms with E-state index in [0.717, 1.165) is 17.6 Å². The van der Waals surface area contributed by atoms with Crippen LogP contribution in [-0.2, 0) is 0 Å². The highest BCUT2D eigenvalue weighted by molar-refractivity contribution is 5.29. The lowest BCUT2D eigenvalue weighted by Crippen LogP contribution is -2.29. The lowest BCUT2D eigenvalue weighted by atomic mass is 9.75. The van der Waals surface area contributed by atoms with E-state index in [1.165, 1.54) is 37.7 Å². The molecule has 1 saturated carbocycles. The van der Waals surface area contributed by atoms with Crippen molar-refractivity contribution in [2.45, 2.75) is 45.1 Å². The Morgan fingerprint density at radius 3 is 2.58 bits per heavy atom. The van der Waals surface area contributed by atoms with Crippen LogP contribution >= 0.6 is 0 Å². The van der Waals surface area contributed by atoms with Crippen molar-refractivity contribution in [1.82, 2.24) is 5.32 Å². The van der Waals surface area contributed by atoms with Crippen LogP contribution in [0.15, 0.2) is 24.3 Å². The van der Waals surface area contributed by atoms with Gasteiger partial charge in [0.1, 0.15) is 5.75 Å². The van der Waals surface area contributed by atoms with E-state index in [9.17, 15) is 0 Å². The summed E-state index contributed by atoms with van der Waals surface area (Å²) < 4.78 is 5.24. The van der Waals surface area contributed by atoms with Gasteiger partial charge in [-0.05, 0) is 49.4 Å². The monoisotopic (exact) mass is 261 g/mol. The van der Waals surface area contributed by atoms with Crippen LogP contribution in [0, 0.1) is 11.8 Å². The summed E-state index contributed by atoms with van der Waals surface area (Å²) in [5.74, 6) is 2.64. The van der Waals surface area contributed by atoms with Crippen LogP contribution in [0.2, 0.25) is 0 Å². The van der Waals surface area contributed by atoms with Crippen LogP contribution < -0.4 is 10.1 Å². The van der Waals surface area contributed by atoms with Gasteiger partial charge in [0.25, 0.3) is 0 Å². The summed E-state index contributed by atoms with van der Waals surface area (Å²) in [5, 5.41) is 3.53. The van der Waals surface area contributed by atoms with Crippen molar-refractivity contribution in [2.24, 2.45) is 11.8 Å². The molecule has 0 aliphatic heterocycles. The molecule has 1 fully saturated rings. The average Bonchev–Trinajstić information content (AvgIpc) is 2.49. The Kier molecular flexibility index (Phi) is 5.26. The van der Waals surface area contributed by atoms with Gasteiger partial charge >= 0.3 is 0 Å². The molecule has 1 aliphatic rings. The molecule has 2 rings (SSSR count). The van der Waals surface area contributed by atoms with Gasteiger partial charge in [-0.1, -0.05) is 38.3 Å². The van der Waals surface area contributed by atoms with Gasteiger partial charge in [-0.25, -0.2) is 0 Å². The molecular weight excluding hydrogens is 234 g/mol. The van der Waals surface area contributed by atoms with Crippen LogP contribution in [0.3, 0.4) is 0 Å². The second kappa shape index (κ2) is 6.95. The zero-order chi connectivity index (χ0) is 13.7. The van der Waals surface area contributed by atoms with Crippen LogP contribution in [0.5, 0.6) is 5.75 Å². The van der Waals surface area contributed by atoms with Gasteiger partial charge in [0.2, 0.25) is 0 Å². The summed E-state index contributed by atoms with van der Waals surface area (Å²) in [6.07, 6.45) is 6.86. The van der Waals surface area contributed by atoms with E-state index >= 15 is 0 Å². The highest BCUT2D eigenvalue weighted by atomic mass is 16.5. The van der Waals surface area contributed by atoms with Crippen molar-refractivity contribution in [2.75, 3.05) is 14.2 Å². The maximum Gasteiger partial charge on any atom is 0.118 e. The molecule has 106 valence electrons. The van der Waals surface area contributed by atoms with E-state index in [-0.39, 0.29) is 0 Å². The molecule has 0 aromatic heterocycles. The maximum atomic E-state index is 5.24. The van der Waals surface area contributed by atoms with Crippen molar-refractivity contribution >= 4 is 0 Å². The molecule has 0 radical (unpaired) electrons. The topological polar surface area (TPSA) is 21.3 Å². The molecule has 0 saturated heterocycles. The molecule has 1 aromatic carbocycles. The fraction of sp³-hybridized carbons (Fsp3) is 0.647. The molecular formula is C17H27NO. The number of benzene rings is 1. The summed E-state index contributed by atoms with van der Waals surface area (Å²) in [5.41, 5.74) is 1.39. The van der Waals surface area contributed by atoms with Gasteiger partial charge in [-0.15, -0.1) is 0 Å². The minimum Gasteiger partial charge on any atom is -0.497 e. The fourth-order valence-electron chi connectivity index (χ4n) is 3.49. The summed E-state index contributed by atoms with van der Waals surface area (Å²) >= 11 is 0. The first kappa shape index (κ1) is 14.4. The number of hydrogen-bond acceptors (Lipinski definition) is 2. The quantitative estimate of drug-likeness (QED) is 0.859. The van der Waals surface area contributed by atoms with Gasteiger partial charge in [0, 0.05) is 6.04 Å². The minimum absolute atomic E-state index is 0.486. The van der Waals surface area contributed by atoms with Gasteiger partial charge < -0.3 is 10.1 Å². The summed E-state index contributed by atoms with van der Waals surface area (Å²) in [6.45, 7) is 2.33. The van der Waals surface area contributed by atoms with E-state index in [1.807, 2.05) is 0 Å². The molecule has 1 aromatic rings. The predicted molar refractivity (Wildman–Crippen MR) is 80.5 cm³/mol. The molecule has 2 nitrogen and oxygen atoms in total. The Balaban J connectivity index is 2.09. The first-order valence-corrected chi connectivity index (χ1v) is 7.59. The van der Waals surface area contributed by atoms with Gasteiger partial charge in [-0.3, -0.25) is 0 Å². The molecule has 1 aliphatic carbocycles. The lowest BCUT2D eigenvalue weighted by molar-refractivity contribution is 0.214. The first-order valence-electron chi connectivity index (χ1n) is 7.59. The van der Waals surface area contributed by atoms with Crippen LogP contribution in [0.25, 0.3) is 0 Å². The smallest absolute Gasteiger partial charge is 0.118 e. The number of methoxy groups -OCH3 is 1. The zero-order valence-electron chi connectivity index (χ0n) is 12.5. The third-order valence-electron chi connectivity index (χ3n) is 4.66. The molecule has 3 atom stereocenters. The largest absolute Gasteiger partial charge is 0.497 e. The van der Waals surface area contributed by atoms with E-state index in [2.05, 4.69) is 43.6 Å².